The number of sulfonamides is 1. The second-order valence-corrected chi connectivity index (χ2v) is 7.23. The Kier molecular flexibility index (Phi) is 6.60. The summed E-state index contributed by atoms with van der Waals surface area (Å²) >= 11 is 0. The number of nitrogens with one attached hydrogen (secondary N) is 1. The molecule has 0 heterocycles. The number of nitrogens with two attached hydrogens (primary N) is 1. The van der Waals surface area contributed by atoms with E-state index in [2.05, 4.69) is 5.32 Å². The summed E-state index contributed by atoms with van der Waals surface area (Å²) in [5.74, 6) is -0.654. The number of hydrogen-bond acceptors (Lipinski definition) is 7. The molecule has 1 amide bonds. The van der Waals surface area contributed by atoms with Crippen LogP contribution in [0, 0.1) is 0 Å². The monoisotopic (exact) mass is 408 g/mol. The largest absolute Gasteiger partial charge is 0.497 e. The quantitative estimate of drug-likeness (QED) is 0.664. The van der Waals surface area contributed by atoms with Gasteiger partial charge in [0.25, 0.3) is 5.91 Å². The fourth-order valence-electron chi connectivity index (χ4n) is 2.22. The number of hydrogen-bond donors (Lipinski definition) is 2. The van der Waals surface area contributed by atoms with E-state index in [0.717, 1.165) is 0 Å². The number of esters is 1. The zero-order valence-corrected chi connectivity index (χ0v) is 16.3. The number of benzene rings is 2. The van der Waals surface area contributed by atoms with Crippen molar-refractivity contribution in [2.45, 2.75) is 17.9 Å². The first-order chi connectivity index (χ1) is 13.2. The summed E-state index contributed by atoms with van der Waals surface area (Å²) in [4.78, 5) is 24.6. The minimum Gasteiger partial charge on any atom is -0.497 e. The summed E-state index contributed by atoms with van der Waals surface area (Å²) in [6, 6.07) is 9.86. The Morgan fingerprint density at radius 3 is 2.21 bits per heavy atom. The second kappa shape index (κ2) is 8.72. The van der Waals surface area contributed by atoms with Gasteiger partial charge in [-0.25, -0.2) is 18.4 Å². The Hall–Kier alpha value is -3.11. The normalized spacial score (nSPS) is 12.0. The number of ether oxygens (including phenoxy) is 3. The molecule has 3 N–H and O–H groups in total. The third-order valence-corrected chi connectivity index (χ3v) is 4.66. The number of carbonyl (C=O) groups excluding carboxylic acids is 2. The number of carbonyl (C=O) groups is 2. The topological polar surface area (TPSA) is 134 Å². The molecule has 0 radical (unpaired) electrons. The van der Waals surface area contributed by atoms with Crippen LogP contribution in [0.2, 0.25) is 0 Å². The van der Waals surface area contributed by atoms with E-state index in [1.807, 2.05) is 0 Å². The van der Waals surface area contributed by atoms with Crippen LogP contribution in [0.3, 0.4) is 0 Å². The van der Waals surface area contributed by atoms with Crippen LogP contribution in [0.5, 0.6) is 11.5 Å². The number of methoxy groups -OCH3 is 2. The molecule has 2 aromatic carbocycles. The van der Waals surface area contributed by atoms with Gasteiger partial charge < -0.3 is 19.5 Å². The molecule has 1 unspecified atom stereocenters. The van der Waals surface area contributed by atoms with Gasteiger partial charge in [-0.2, -0.15) is 0 Å². The van der Waals surface area contributed by atoms with Crippen LogP contribution >= 0.6 is 0 Å². The lowest BCUT2D eigenvalue weighted by molar-refractivity contribution is -0.123. The van der Waals surface area contributed by atoms with E-state index in [-0.39, 0.29) is 16.2 Å². The van der Waals surface area contributed by atoms with Crippen LogP contribution in [0.4, 0.5) is 5.69 Å². The van der Waals surface area contributed by atoms with E-state index in [9.17, 15) is 18.0 Å². The van der Waals surface area contributed by atoms with Gasteiger partial charge in [0.05, 0.1) is 19.1 Å². The van der Waals surface area contributed by atoms with Gasteiger partial charge in [-0.15, -0.1) is 0 Å². The van der Waals surface area contributed by atoms with Crippen molar-refractivity contribution >= 4 is 27.6 Å². The van der Waals surface area contributed by atoms with Crippen molar-refractivity contribution in [3.63, 3.8) is 0 Å². The van der Waals surface area contributed by atoms with Crippen molar-refractivity contribution in [2.75, 3.05) is 19.5 Å². The first kappa shape index (κ1) is 21.2. The molecule has 0 aromatic heterocycles. The summed E-state index contributed by atoms with van der Waals surface area (Å²) in [6.07, 6.45) is -1.12. The zero-order chi connectivity index (χ0) is 20.9. The third kappa shape index (κ3) is 5.21. The van der Waals surface area contributed by atoms with Gasteiger partial charge in [-0.1, -0.05) is 0 Å². The van der Waals surface area contributed by atoms with E-state index < -0.39 is 28.0 Å². The highest BCUT2D eigenvalue weighted by molar-refractivity contribution is 7.89. The molecule has 2 aromatic rings. The average Bonchev–Trinajstić information content (AvgIpc) is 2.66. The molecule has 28 heavy (non-hydrogen) atoms. The first-order valence-corrected chi connectivity index (χ1v) is 9.57. The molecule has 150 valence electrons. The van der Waals surface area contributed by atoms with Crippen LogP contribution in [0.1, 0.15) is 17.3 Å². The van der Waals surface area contributed by atoms with E-state index in [4.69, 9.17) is 19.3 Å². The number of anilines is 1. The molecule has 9 nitrogen and oxygen atoms in total. The van der Waals surface area contributed by atoms with Gasteiger partial charge in [0, 0.05) is 5.69 Å². The van der Waals surface area contributed by atoms with E-state index >= 15 is 0 Å². The van der Waals surface area contributed by atoms with Crippen LogP contribution < -0.4 is 19.9 Å². The molecule has 0 fully saturated rings. The molecule has 10 heteroatoms. The van der Waals surface area contributed by atoms with Gasteiger partial charge in [0.1, 0.15) is 17.1 Å². The molecule has 0 bridgehead atoms. The lowest BCUT2D eigenvalue weighted by Crippen LogP contribution is -2.30. The molecule has 0 spiro atoms. The SMILES string of the molecule is COc1ccc(OC)c(C(=O)OC(C)C(=O)Nc2ccc(S(N)(=O)=O)cc2)c1. The first-order valence-electron chi connectivity index (χ1n) is 8.02. The van der Waals surface area contributed by atoms with Crippen LogP contribution in [0.25, 0.3) is 0 Å². The molecular formula is C18H20N2O7S. The number of primary sulfonamides is 1. The smallest absolute Gasteiger partial charge is 0.342 e. The fourth-order valence-corrected chi connectivity index (χ4v) is 2.74. The Morgan fingerprint density at radius 2 is 1.68 bits per heavy atom. The Labute approximate surface area is 162 Å². The summed E-state index contributed by atoms with van der Waals surface area (Å²) in [7, 11) is -0.972. The molecule has 0 aliphatic rings. The van der Waals surface area contributed by atoms with Crippen molar-refractivity contribution in [3.8, 4) is 11.5 Å². The minimum absolute atomic E-state index is 0.0879. The van der Waals surface area contributed by atoms with Gasteiger partial charge in [-0.3, -0.25) is 4.79 Å². The molecule has 0 aliphatic carbocycles. The summed E-state index contributed by atoms with van der Waals surface area (Å²) in [5.41, 5.74) is 0.429. The maximum atomic E-state index is 12.4. The number of amides is 1. The van der Waals surface area contributed by atoms with Crippen molar-refractivity contribution in [1.82, 2.24) is 0 Å². The Balaban J connectivity index is 2.07. The van der Waals surface area contributed by atoms with Crippen molar-refractivity contribution in [3.05, 3.63) is 48.0 Å². The van der Waals surface area contributed by atoms with E-state index in [1.54, 1.807) is 12.1 Å². The standard InChI is InChI=1S/C18H20N2O7S/c1-11(17(21)20-12-4-7-14(8-5-12)28(19,23)24)27-18(22)15-10-13(25-2)6-9-16(15)26-3/h4-11H,1-3H3,(H,20,21)(H2,19,23,24). The lowest BCUT2D eigenvalue weighted by Gasteiger charge is -2.15. The predicted molar refractivity (Wildman–Crippen MR) is 101 cm³/mol. The third-order valence-electron chi connectivity index (χ3n) is 3.73. The Bertz CT molecular complexity index is 972. The average molecular weight is 408 g/mol. The highest BCUT2D eigenvalue weighted by Crippen LogP contribution is 2.25. The predicted octanol–water partition coefficient (Wildman–Crippen LogP) is 1.54. The maximum Gasteiger partial charge on any atom is 0.342 e. The summed E-state index contributed by atoms with van der Waals surface area (Å²) in [5, 5.41) is 7.54. The van der Waals surface area contributed by atoms with E-state index in [1.165, 1.54) is 51.5 Å². The summed E-state index contributed by atoms with van der Waals surface area (Å²) in [6.45, 7) is 1.40. The van der Waals surface area contributed by atoms with Gasteiger partial charge in [-0.05, 0) is 49.4 Å². The zero-order valence-electron chi connectivity index (χ0n) is 15.5. The molecular weight excluding hydrogens is 388 g/mol. The molecule has 0 saturated carbocycles. The minimum atomic E-state index is -3.83. The van der Waals surface area contributed by atoms with Crippen molar-refractivity contribution < 1.29 is 32.2 Å². The molecule has 0 saturated heterocycles. The second-order valence-electron chi connectivity index (χ2n) is 5.67. The number of rotatable bonds is 7. The highest BCUT2D eigenvalue weighted by Gasteiger charge is 2.22. The van der Waals surface area contributed by atoms with Gasteiger partial charge in [0.2, 0.25) is 10.0 Å². The Morgan fingerprint density at radius 1 is 1.04 bits per heavy atom. The van der Waals surface area contributed by atoms with Crippen molar-refractivity contribution in [2.24, 2.45) is 5.14 Å². The fraction of sp³-hybridized carbons (Fsp3) is 0.222. The van der Waals surface area contributed by atoms with E-state index in [0.29, 0.717) is 11.4 Å². The maximum absolute atomic E-state index is 12.4. The molecule has 1 atom stereocenters. The summed E-state index contributed by atoms with van der Waals surface area (Å²) < 4.78 is 37.9. The van der Waals surface area contributed by atoms with Crippen LogP contribution in [-0.2, 0) is 19.6 Å². The van der Waals surface area contributed by atoms with Crippen molar-refractivity contribution in [1.29, 1.82) is 0 Å². The lowest BCUT2D eigenvalue weighted by atomic mass is 10.2. The van der Waals surface area contributed by atoms with Crippen LogP contribution in [-0.4, -0.2) is 40.6 Å². The van der Waals surface area contributed by atoms with Gasteiger partial charge >= 0.3 is 5.97 Å². The van der Waals surface area contributed by atoms with Gasteiger partial charge in [0.15, 0.2) is 6.10 Å². The highest BCUT2D eigenvalue weighted by atomic mass is 32.2. The van der Waals surface area contributed by atoms with Crippen LogP contribution in [0.15, 0.2) is 47.4 Å². The molecule has 0 aliphatic heterocycles. The molecule has 2 rings (SSSR count).